The first-order valence-electron chi connectivity index (χ1n) is 6.27. The third-order valence-electron chi connectivity index (χ3n) is 2.52. The van der Waals surface area contributed by atoms with Crippen LogP contribution in [0.2, 0.25) is 0 Å². The van der Waals surface area contributed by atoms with E-state index in [1.54, 1.807) is 12.1 Å². The highest BCUT2D eigenvalue weighted by Gasteiger charge is 2.08. The molecule has 0 aliphatic heterocycles. The molecule has 0 aliphatic carbocycles. The second-order valence-corrected chi connectivity index (χ2v) is 4.23. The number of hydrogen-bond donors (Lipinski definition) is 4. The number of alkyl halides is 2. The number of halogens is 2. The van der Waals surface area contributed by atoms with Crippen molar-refractivity contribution < 1.29 is 28.3 Å². The second kappa shape index (κ2) is 8.55. The summed E-state index contributed by atoms with van der Waals surface area (Å²) >= 11 is 0. The Morgan fingerprint density at radius 1 is 1.05 bits per heavy atom. The van der Waals surface area contributed by atoms with Crippen molar-refractivity contribution in [2.45, 2.75) is 13.0 Å². The van der Waals surface area contributed by atoms with Gasteiger partial charge in [-0.05, 0) is 17.7 Å². The quantitative estimate of drug-likeness (QED) is 0.590. The molecule has 0 fully saturated rings. The van der Waals surface area contributed by atoms with Gasteiger partial charge in [-0.1, -0.05) is 12.1 Å². The molecule has 3 amide bonds. The van der Waals surface area contributed by atoms with Crippen LogP contribution in [-0.2, 0) is 11.3 Å². The Kier molecular flexibility index (Phi) is 6.74. The van der Waals surface area contributed by atoms with Crippen molar-refractivity contribution in [2.24, 2.45) is 0 Å². The van der Waals surface area contributed by atoms with Crippen LogP contribution in [0.25, 0.3) is 0 Å². The van der Waals surface area contributed by atoms with Crippen LogP contribution in [0.3, 0.4) is 0 Å². The summed E-state index contributed by atoms with van der Waals surface area (Å²) in [6.07, 6.45) is -2.65. The van der Waals surface area contributed by atoms with Crippen molar-refractivity contribution >= 4 is 17.9 Å². The number of carboxylic acids is 1. The lowest BCUT2D eigenvalue weighted by molar-refractivity contribution is -0.120. The highest BCUT2D eigenvalue weighted by molar-refractivity contribution is 5.87. The highest BCUT2D eigenvalue weighted by Crippen LogP contribution is 2.03. The minimum absolute atomic E-state index is 0.129. The maximum atomic E-state index is 11.8. The first-order chi connectivity index (χ1) is 10.4. The fraction of sp³-hybridized carbons (Fsp3) is 0.308. The number of nitrogens with one attached hydrogen (secondary N) is 3. The van der Waals surface area contributed by atoms with E-state index in [0.29, 0.717) is 5.56 Å². The number of rotatable bonds is 7. The Hall–Kier alpha value is -2.71. The Morgan fingerprint density at radius 3 is 2.23 bits per heavy atom. The standard InChI is InChI=1S/C13H15F2N3O4/c14-10(15)6-16-11(19)7-18-13(22)17-5-8-1-3-9(4-2-8)12(20)21/h1-4,10H,5-7H2,(H,16,19)(H,20,21)(H2,17,18,22). The van der Waals surface area contributed by atoms with E-state index < -0.39 is 37.4 Å². The van der Waals surface area contributed by atoms with Crippen molar-refractivity contribution in [2.75, 3.05) is 13.1 Å². The van der Waals surface area contributed by atoms with Gasteiger partial charge in [-0.3, -0.25) is 4.79 Å². The van der Waals surface area contributed by atoms with Gasteiger partial charge in [-0.15, -0.1) is 0 Å². The molecule has 1 rings (SSSR count). The maximum Gasteiger partial charge on any atom is 0.335 e. The number of carboxylic acid groups (broad SMARTS) is 1. The van der Waals surface area contributed by atoms with Crippen LogP contribution in [0.5, 0.6) is 0 Å². The summed E-state index contributed by atoms with van der Waals surface area (Å²) in [5.41, 5.74) is 0.797. The molecule has 0 unspecified atom stereocenters. The van der Waals surface area contributed by atoms with Crippen LogP contribution in [0.4, 0.5) is 13.6 Å². The molecule has 9 heteroatoms. The van der Waals surface area contributed by atoms with Crippen LogP contribution in [0.1, 0.15) is 15.9 Å². The molecule has 0 saturated carbocycles. The van der Waals surface area contributed by atoms with Crippen molar-refractivity contribution in [3.8, 4) is 0 Å². The predicted octanol–water partition coefficient (Wildman–Crippen LogP) is 0.565. The monoisotopic (exact) mass is 315 g/mol. The smallest absolute Gasteiger partial charge is 0.335 e. The summed E-state index contributed by atoms with van der Waals surface area (Å²) in [6, 6.07) is 5.23. The van der Waals surface area contributed by atoms with Gasteiger partial charge in [0.1, 0.15) is 0 Å². The molecule has 0 radical (unpaired) electrons. The average molecular weight is 315 g/mol. The SMILES string of the molecule is O=C(CNC(=O)NCc1ccc(C(=O)O)cc1)NCC(F)F. The average Bonchev–Trinajstić information content (AvgIpc) is 2.49. The van der Waals surface area contributed by atoms with Crippen molar-refractivity contribution in [3.63, 3.8) is 0 Å². The molecule has 1 aromatic rings. The number of amides is 3. The van der Waals surface area contributed by atoms with Crippen LogP contribution in [0, 0.1) is 0 Å². The fourth-order valence-electron chi connectivity index (χ4n) is 1.42. The minimum atomic E-state index is -2.65. The largest absolute Gasteiger partial charge is 0.478 e. The summed E-state index contributed by atoms with van der Waals surface area (Å²) < 4.78 is 23.7. The number of carbonyl (C=O) groups is 3. The topological polar surface area (TPSA) is 108 Å². The Bertz CT molecular complexity index is 535. The van der Waals surface area contributed by atoms with Gasteiger partial charge in [-0.2, -0.15) is 0 Å². The first-order valence-corrected chi connectivity index (χ1v) is 6.27. The molecule has 0 aliphatic rings. The van der Waals surface area contributed by atoms with Gasteiger partial charge in [0, 0.05) is 6.54 Å². The van der Waals surface area contributed by atoms with Gasteiger partial charge in [-0.25, -0.2) is 18.4 Å². The lowest BCUT2D eigenvalue weighted by atomic mass is 10.1. The van der Waals surface area contributed by atoms with E-state index in [-0.39, 0.29) is 12.1 Å². The van der Waals surface area contributed by atoms with Gasteiger partial charge < -0.3 is 21.1 Å². The van der Waals surface area contributed by atoms with E-state index in [0.717, 1.165) is 0 Å². The zero-order chi connectivity index (χ0) is 16.5. The molecule has 0 heterocycles. The maximum absolute atomic E-state index is 11.8. The normalized spacial score (nSPS) is 10.1. The van der Waals surface area contributed by atoms with Crippen LogP contribution >= 0.6 is 0 Å². The summed E-state index contributed by atoms with van der Waals surface area (Å²) in [5.74, 6) is -1.77. The summed E-state index contributed by atoms with van der Waals surface area (Å²) in [6.45, 7) is -1.06. The molecule has 0 bridgehead atoms. The Morgan fingerprint density at radius 2 is 1.68 bits per heavy atom. The van der Waals surface area contributed by atoms with Crippen LogP contribution < -0.4 is 16.0 Å². The number of urea groups is 1. The number of carbonyl (C=O) groups excluding carboxylic acids is 2. The van der Waals surface area contributed by atoms with E-state index in [2.05, 4.69) is 10.6 Å². The molecule has 4 N–H and O–H groups in total. The molecule has 0 saturated heterocycles. The minimum Gasteiger partial charge on any atom is -0.478 e. The number of hydrogen-bond acceptors (Lipinski definition) is 3. The van der Waals surface area contributed by atoms with Gasteiger partial charge >= 0.3 is 12.0 Å². The summed E-state index contributed by atoms with van der Waals surface area (Å²) in [5, 5.41) is 15.3. The molecule has 0 atom stereocenters. The molecule has 1 aromatic carbocycles. The highest BCUT2D eigenvalue weighted by atomic mass is 19.3. The Labute approximate surface area is 124 Å². The van der Waals surface area contributed by atoms with Crippen LogP contribution in [0.15, 0.2) is 24.3 Å². The molecule has 120 valence electrons. The van der Waals surface area contributed by atoms with Crippen molar-refractivity contribution in [1.29, 1.82) is 0 Å². The molecule has 7 nitrogen and oxygen atoms in total. The van der Waals surface area contributed by atoms with Crippen molar-refractivity contribution in [3.05, 3.63) is 35.4 Å². The summed E-state index contributed by atoms with van der Waals surface area (Å²) in [4.78, 5) is 33.1. The van der Waals surface area contributed by atoms with Crippen molar-refractivity contribution in [1.82, 2.24) is 16.0 Å². The van der Waals surface area contributed by atoms with Gasteiger partial charge in [0.05, 0.1) is 18.7 Å². The fourth-order valence-corrected chi connectivity index (χ4v) is 1.42. The van der Waals surface area contributed by atoms with Crippen LogP contribution in [-0.4, -0.2) is 42.5 Å². The van der Waals surface area contributed by atoms with E-state index in [4.69, 9.17) is 5.11 Å². The van der Waals surface area contributed by atoms with Gasteiger partial charge in [0.2, 0.25) is 5.91 Å². The van der Waals surface area contributed by atoms with Gasteiger partial charge in [0.25, 0.3) is 6.43 Å². The van der Waals surface area contributed by atoms with Gasteiger partial charge in [0.15, 0.2) is 0 Å². The zero-order valence-corrected chi connectivity index (χ0v) is 11.4. The number of aromatic carboxylic acids is 1. The third-order valence-corrected chi connectivity index (χ3v) is 2.52. The molecule has 22 heavy (non-hydrogen) atoms. The predicted molar refractivity (Wildman–Crippen MR) is 72.7 cm³/mol. The van der Waals surface area contributed by atoms with E-state index in [9.17, 15) is 23.2 Å². The van der Waals surface area contributed by atoms with E-state index >= 15 is 0 Å². The molecule has 0 spiro atoms. The molecular weight excluding hydrogens is 300 g/mol. The second-order valence-electron chi connectivity index (χ2n) is 4.23. The van der Waals surface area contributed by atoms with E-state index in [1.807, 2.05) is 5.32 Å². The number of benzene rings is 1. The lowest BCUT2D eigenvalue weighted by Gasteiger charge is -2.08. The van der Waals surface area contributed by atoms with E-state index in [1.165, 1.54) is 12.1 Å². The lowest BCUT2D eigenvalue weighted by Crippen LogP contribution is -2.42. The molecular formula is C13H15F2N3O4. The molecule has 0 aromatic heterocycles. The first kappa shape index (κ1) is 17.3. The third kappa shape index (κ3) is 6.64. The zero-order valence-electron chi connectivity index (χ0n) is 11.4. The summed E-state index contributed by atoms with van der Waals surface area (Å²) in [7, 11) is 0. The Balaban J connectivity index is 2.28.